The Balaban J connectivity index is 3.96. The second-order valence-corrected chi connectivity index (χ2v) is 10.9. The van der Waals surface area contributed by atoms with E-state index in [0.717, 1.165) is 11.8 Å². The van der Waals surface area contributed by atoms with Crippen LogP contribution in [0.15, 0.2) is 0 Å². The van der Waals surface area contributed by atoms with Crippen LogP contribution in [-0.4, -0.2) is 0 Å². The maximum atomic E-state index is 2.72. The van der Waals surface area contributed by atoms with Gasteiger partial charge in [0.05, 0.1) is 0 Å². The van der Waals surface area contributed by atoms with Crippen LogP contribution >= 0.6 is 0 Å². The largest absolute Gasteiger partial charge is 0.0654 e. The van der Waals surface area contributed by atoms with Crippen molar-refractivity contribution in [2.24, 2.45) is 22.7 Å². The lowest BCUT2D eigenvalue weighted by Gasteiger charge is -2.38. The van der Waals surface area contributed by atoms with Crippen molar-refractivity contribution in [3.8, 4) is 0 Å². The highest BCUT2D eigenvalue weighted by Crippen LogP contribution is 2.40. The van der Waals surface area contributed by atoms with E-state index in [1.807, 2.05) is 0 Å². The predicted molar refractivity (Wildman–Crippen MR) is 122 cm³/mol. The van der Waals surface area contributed by atoms with Crippen molar-refractivity contribution in [1.82, 2.24) is 0 Å². The fourth-order valence-corrected chi connectivity index (χ4v) is 4.16. The molecule has 157 valence electrons. The van der Waals surface area contributed by atoms with Crippen molar-refractivity contribution < 1.29 is 0 Å². The first-order valence-electron chi connectivity index (χ1n) is 12.0. The van der Waals surface area contributed by atoms with Gasteiger partial charge in [0.25, 0.3) is 0 Å². The fourth-order valence-electron chi connectivity index (χ4n) is 4.16. The monoisotopic (exact) mass is 365 g/mol. The van der Waals surface area contributed by atoms with Crippen LogP contribution in [0, 0.1) is 29.1 Å². The molecule has 0 aliphatic carbocycles. The molecule has 0 aliphatic heterocycles. The van der Waals surface area contributed by atoms with Crippen LogP contribution < -0.4 is 0 Å². The SMILES string of the molecule is CCCCCCCCCCCCCC([CH]C(CC)C(C)(C)C)C(C)(C)C. The Bertz CT molecular complexity index is 301. The molecule has 0 amide bonds. The standard InChI is InChI=1S/C26H53/c1-9-11-12-13-14-15-16-17-18-19-20-21-24(26(6,7)8)22-23(10-2)25(3,4)5/h22-24H,9-21H2,1-8H3. The van der Waals surface area contributed by atoms with Gasteiger partial charge in [-0.2, -0.15) is 0 Å². The maximum absolute atomic E-state index is 2.72. The maximum Gasteiger partial charge on any atom is -0.0313 e. The molecule has 0 aromatic carbocycles. The minimum Gasteiger partial charge on any atom is -0.0654 e. The molecule has 0 N–H and O–H groups in total. The molecule has 1 radical (unpaired) electrons. The average molecular weight is 366 g/mol. The Hall–Kier alpha value is 0. The van der Waals surface area contributed by atoms with Crippen LogP contribution in [0.25, 0.3) is 0 Å². The third-order valence-corrected chi connectivity index (χ3v) is 6.25. The first-order chi connectivity index (χ1) is 12.1. The van der Waals surface area contributed by atoms with Gasteiger partial charge in [0, 0.05) is 0 Å². The van der Waals surface area contributed by atoms with Crippen molar-refractivity contribution in [3.05, 3.63) is 6.42 Å². The molecule has 0 aromatic rings. The van der Waals surface area contributed by atoms with E-state index in [4.69, 9.17) is 0 Å². The van der Waals surface area contributed by atoms with Crippen molar-refractivity contribution in [3.63, 3.8) is 0 Å². The van der Waals surface area contributed by atoms with Gasteiger partial charge in [0.15, 0.2) is 0 Å². The Morgan fingerprint density at radius 1 is 0.538 bits per heavy atom. The van der Waals surface area contributed by atoms with Gasteiger partial charge in [-0.05, 0) is 35.5 Å². The molecule has 2 unspecified atom stereocenters. The second-order valence-electron chi connectivity index (χ2n) is 10.9. The topological polar surface area (TPSA) is 0 Å². The summed E-state index contributed by atoms with van der Waals surface area (Å²) >= 11 is 0. The molecule has 0 spiro atoms. The van der Waals surface area contributed by atoms with E-state index in [-0.39, 0.29) is 0 Å². The molecular formula is C26H53. The Morgan fingerprint density at radius 2 is 0.923 bits per heavy atom. The Labute approximate surface area is 168 Å². The van der Waals surface area contributed by atoms with Crippen LogP contribution in [-0.2, 0) is 0 Å². The van der Waals surface area contributed by atoms with Crippen molar-refractivity contribution in [1.29, 1.82) is 0 Å². The summed E-state index contributed by atoms with van der Waals surface area (Å²) in [5, 5.41) is 0. The van der Waals surface area contributed by atoms with Crippen LogP contribution in [0.1, 0.15) is 139 Å². The first-order valence-corrected chi connectivity index (χ1v) is 12.0. The average Bonchev–Trinajstić information content (AvgIpc) is 2.53. The molecule has 0 rings (SSSR count). The normalized spacial score (nSPS) is 15.2. The molecule has 0 aromatic heterocycles. The molecule has 0 nitrogen and oxygen atoms in total. The highest BCUT2D eigenvalue weighted by molar-refractivity contribution is 4.94. The zero-order valence-corrected chi connectivity index (χ0v) is 19.9. The number of rotatable bonds is 15. The summed E-state index contributed by atoms with van der Waals surface area (Å²) in [7, 11) is 0. The summed E-state index contributed by atoms with van der Waals surface area (Å²) in [6.07, 6.45) is 21.2. The molecule has 0 saturated carbocycles. The van der Waals surface area contributed by atoms with E-state index in [0.29, 0.717) is 10.8 Å². The minimum absolute atomic E-state index is 0.398. The smallest absolute Gasteiger partial charge is 0.0313 e. The van der Waals surface area contributed by atoms with Gasteiger partial charge in [0.1, 0.15) is 0 Å². The van der Waals surface area contributed by atoms with E-state index in [1.54, 1.807) is 0 Å². The van der Waals surface area contributed by atoms with Gasteiger partial charge in [-0.25, -0.2) is 0 Å². The summed E-state index contributed by atoms with van der Waals surface area (Å²) in [6, 6.07) is 0. The molecule has 0 aliphatic rings. The molecule has 0 saturated heterocycles. The lowest BCUT2D eigenvalue weighted by Crippen LogP contribution is -2.29. The summed E-state index contributed by atoms with van der Waals surface area (Å²) < 4.78 is 0. The molecular weight excluding hydrogens is 312 g/mol. The fraction of sp³-hybridized carbons (Fsp3) is 0.962. The van der Waals surface area contributed by atoms with E-state index >= 15 is 0 Å². The van der Waals surface area contributed by atoms with Gasteiger partial charge in [-0.1, -0.05) is 132 Å². The summed E-state index contributed by atoms with van der Waals surface area (Å²) in [5.74, 6) is 1.49. The van der Waals surface area contributed by atoms with E-state index in [2.05, 4.69) is 61.8 Å². The minimum atomic E-state index is 0.398. The van der Waals surface area contributed by atoms with Crippen LogP contribution in [0.4, 0.5) is 0 Å². The van der Waals surface area contributed by atoms with E-state index < -0.39 is 0 Å². The van der Waals surface area contributed by atoms with Gasteiger partial charge < -0.3 is 0 Å². The van der Waals surface area contributed by atoms with Crippen molar-refractivity contribution in [2.45, 2.75) is 139 Å². The van der Waals surface area contributed by atoms with E-state index in [9.17, 15) is 0 Å². The lowest BCUT2D eigenvalue weighted by atomic mass is 9.67. The van der Waals surface area contributed by atoms with Crippen molar-refractivity contribution in [2.75, 3.05) is 0 Å². The van der Waals surface area contributed by atoms with E-state index in [1.165, 1.54) is 83.5 Å². The summed E-state index contributed by atoms with van der Waals surface area (Å²) in [4.78, 5) is 0. The zero-order chi connectivity index (χ0) is 20.1. The van der Waals surface area contributed by atoms with Crippen LogP contribution in [0.3, 0.4) is 0 Å². The number of hydrogen-bond acceptors (Lipinski definition) is 0. The highest BCUT2D eigenvalue weighted by atomic mass is 14.4. The molecule has 0 bridgehead atoms. The second kappa shape index (κ2) is 14.1. The van der Waals surface area contributed by atoms with Crippen LogP contribution in [0.5, 0.6) is 0 Å². The summed E-state index contributed by atoms with van der Waals surface area (Å²) in [5.41, 5.74) is 0.798. The van der Waals surface area contributed by atoms with Gasteiger partial charge >= 0.3 is 0 Å². The quantitative estimate of drug-likeness (QED) is 0.253. The number of hydrogen-bond donors (Lipinski definition) is 0. The van der Waals surface area contributed by atoms with Gasteiger partial charge in [-0.3, -0.25) is 0 Å². The van der Waals surface area contributed by atoms with Gasteiger partial charge in [0.2, 0.25) is 0 Å². The highest BCUT2D eigenvalue weighted by Gasteiger charge is 2.31. The van der Waals surface area contributed by atoms with Crippen LogP contribution in [0.2, 0.25) is 0 Å². The Kier molecular flexibility index (Phi) is 14.1. The third-order valence-electron chi connectivity index (χ3n) is 6.25. The predicted octanol–water partition coefficient (Wildman–Crippen LogP) is 9.63. The molecule has 2 atom stereocenters. The molecule has 0 heteroatoms. The Morgan fingerprint density at radius 3 is 1.27 bits per heavy atom. The lowest BCUT2D eigenvalue weighted by molar-refractivity contribution is 0.185. The molecule has 0 fully saturated rings. The molecule has 26 heavy (non-hydrogen) atoms. The van der Waals surface area contributed by atoms with Crippen molar-refractivity contribution >= 4 is 0 Å². The number of unbranched alkanes of at least 4 members (excludes halogenated alkanes) is 10. The first kappa shape index (κ1) is 26.0. The van der Waals surface area contributed by atoms with Gasteiger partial charge in [-0.15, -0.1) is 0 Å². The summed E-state index contributed by atoms with van der Waals surface area (Å²) in [6.45, 7) is 19.2. The molecule has 0 heterocycles. The third kappa shape index (κ3) is 13.2. The zero-order valence-electron chi connectivity index (χ0n) is 19.9.